The van der Waals surface area contributed by atoms with E-state index in [0.29, 0.717) is 5.92 Å². The zero-order valence-corrected chi connectivity index (χ0v) is 7.19. The van der Waals surface area contributed by atoms with Gasteiger partial charge in [-0.1, -0.05) is 5.11 Å². The molecular formula is C8H15N3O. The molecule has 12 heavy (non-hydrogen) atoms. The van der Waals surface area contributed by atoms with Crippen LogP contribution in [0.15, 0.2) is 5.11 Å². The van der Waals surface area contributed by atoms with Crippen LogP contribution in [0.3, 0.4) is 0 Å². The Kier molecular flexibility index (Phi) is 3.91. The Labute approximate surface area is 72.2 Å². The summed E-state index contributed by atoms with van der Waals surface area (Å²) >= 11 is 0. The quantitative estimate of drug-likeness (QED) is 0.393. The molecule has 4 nitrogen and oxygen atoms in total. The second-order valence-corrected chi connectivity index (χ2v) is 3.39. The maximum absolute atomic E-state index is 8.71. The van der Waals surface area contributed by atoms with Crippen LogP contribution in [0.25, 0.3) is 10.4 Å². The van der Waals surface area contributed by atoms with Gasteiger partial charge in [-0.25, -0.2) is 0 Å². The van der Waals surface area contributed by atoms with E-state index < -0.39 is 0 Å². The molecule has 68 valence electrons. The third-order valence-electron chi connectivity index (χ3n) is 2.57. The molecule has 1 fully saturated rings. The first-order valence-electron chi connectivity index (χ1n) is 4.52. The smallest absolute Gasteiger partial charge is 0.0433 e. The van der Waals surface area contributed by atoms with Crippen LogP contribution in [0.2, 0.25) is 0 Å². The van der Waals surface area contributed by atoms with Crippen molar-refractivity contribution in [3.05, 3.63) is 10.4 Å². The molecule has 0 radical (unpaired) electrons. The largest absolute Gasteiger partial charge is 0.396 e. The molecular weight excluding hydrogens is 154 g/mol. The highest BCUT2D eigenvalue weighted by molar-refractivity contribution is 4.76. The number of hydrogen-bond acceptors (Lipinski definition) is 2. The van der Waals surface area contributed by atoms with E-state index in [4.69, 9.17) is 10.6 Å². The van der Waals surface area contributed by atoms with E-state index in [1.807, 2.05) is 0 Å². The normalized spacial score (nSPS) is 29.4. The number of aliphatic hydroxyl groups is 1. The molecule has 0 aromatic rings. The highest BCUT2D eigenvalue weighted by Gasteiger charge is 2.19. The number of rotatable bonds is 3. The maximum atomic E-state index is 8.71. The SMILES string of the molecule is [N-]=[N+]=N[C@H]1CC[C@H](CCO)CC1. The first-order chi connectivity index (χ1) is 5.86. The minimum absolute atomic E-state index is 0.213. The highest BCUT2D eigenvalue weighted by atomic mass is 16.3. The molecule has 0 heterocycles. The summed E-state index contributed by atoms with van der Waals surface area (Å²) in [6.45, 7) is 0.289. The number of nitrogens with zero attached hydrogens (tertiary/aromatic N) is 3. The highest BCUT2D eigenvalue weighted by Crippen LogP contribution is 2.28. The lowest BCUT2D eigenvalue weighted by molar-refractivity contribution is 0.223. The molecule has 0 aromatic heterocycles. The van der Waals surface area contributed by atoms with Crippen LogP contribution < -0.4 is 0 Å². The first-order valence-corrected chi connectivity index (χ1v) is 4.52. The van der Waals surface area contributed by atoms with Crippen molar-refractivity contribution in [1.82, 2.24) is 0 Å². The lowest BCUT2D eigenvalue weighted by atomic mass is 9.85. The fourth-order valence-corrected chi connectivity index (χ4v) is 1.80. The van der Waals surface area contributed by atoms with E-state index in [2.05, 4.69) is 10.0 Å². The van der Waals surface area contributed by atoms with Gasteiger partial charge in [-0.3, -0.25) is 0 Å². The molecule has 0 aromatic carbocycles. The summed E-state index contributed by atoms with van der Waals surface area (Å²) in [4.78, 5) is 2.81. The van der Waals surface area contributed by atoms with Gasteiger partial charge in [0.05, 0.1) is 0 Å². The Morgan fingerprint density at radius 1 is 1.33 bits per heavy atom. The fraction of sp³-hybridized carbons (Fsp3) is 1.00. The van der Waals surface area contributed by atoms with Gasteiger partial charge in [-0.15, -0.1) is 0 Å². The van der Waals surface area contributed by atoms with Crippen LogP contribution in [0.5, 0.6) is 0 Å². The summed E-state index contributed by atoms with van der Waals surface area (Å²) in [5.74, 6) is 0.653. The molecule has 1 rings (SSSR count). The molecule has 0 amide bonds. The number of aliphatic hydroxyl groups excluding tert-OH is 1. The monoisotopic (exact) mass is 169 g/mol. The Morgan fingerprint density at radius 2 is 2.00 bits per heavy atom. The molecule has 0 saturated heterocycles. The van der Waals surface area contributed by atoms with E-state index in [0.717, 1.165) is 32.1 Å². The molecule has 0 spiro atoms. The summed E-state index contributed by atoms with van der Waals surface area (Å²) in [7, 11) is 0. The zero-order chi connectivity index (χ0) is 8.81. The third-order valence-corrected chi connectivity index (χ3v) is 2.57. The Hall–Kier alpha value is -0.730. The van der Waals surface area contributed by atoms with Crippen LogP contribution in [-0.2, 0) is 0 Å². The molecule has 1 N–H and O–H groups in total. The van der Waals surface area contributed by atoms with Gasteiger partial charge in [-0.05, 0) is 43.6 Å². The van der Waals surface area contributed by atoms with Crippen LogP contribution in [-0.4, -0.2) is 17.8 Å². The second kappa shape index (κ2) is 5.01. The lowest BCUT2D eigenvalue weighted by Crippen LogP contribution is -2.17. The Bertz CT molecular complexity index is 169. The predicted molar refractivity (Wildman–Crippen MR) is 46.6 cm³/mol. The van der Waals surface area contributed by atoms with Crippen LogP contribution in [0.4, 0.5) is 0 Å². The van der Waals surface area contributed by atoms with E-state index in [1.54, 1.807) is 0 Å². The van der Waals surface area contributed by atoms with Crippen molar-refractivity contribution < 1.29 is 5.11 Å². The van der Waals surface area contributed by atoms with E-state index in [1.165, 1.54) is 0 Å². The van der Waals surface area contributed by atoms with E-state index in [-0.39, 0.29) is 12.6 Å². The summed E-state index contributed by atoms with van der Waals surface area (Å²) < 4.78 is 0. The van der Waals surface area contributed by atoms with Crippen molar-refractivity contribution in [2.24, 2.45) is 11.0 Å². The number of hydrogen-bond donors (Lipinski definition) is 1. The molecule has 1 aliphatic rings. The third kappa shape index (κ3) is 2.72. The lowest BCUT2D eigenvalue weighted by Gasteiger charge is -2.24. The van der Waals surface area contributed by atoms with Crippen molar-refractivity contribution >= 4 is 0 Å². The van der Waals surface area contributed by atoms with E-state index in [9.17, 15) is 0 Å². The fourth-order valence-electron chi connectivity index (χ4n) is 1.80. The van der Waals surface area contributed by atoms with Crippen LogP contribution >= 0.6 is 0 Å². The van der Waals surface area contributed by atoms with Gasteiger partial charge in [0.1, 0.15) is 0 Å². The topological polar surface area (TPSA) is 69.0 Å². The average Bonchev–Trinajstić information content (AvgIpc) is 2.09. The van der Waals surface area contributed by atoms with Gasteiger partial charge in [0.2, 0.25) is 0 Å². The zero-order valence-electron chi connectivity index (χ0n) is 7.19. The molecule has 1 saturated carbocycles. The summed E-state index contributed by atoms with van der Waals surface area (Å²) in [5.41, 5.74) is 8.21. The van der Waals surface area contributed by atoms with Crippen LogP contribution in [0.1, 0.15) is 32.1 Å². The maximum Gasteiger partial charge on any atom is 0.0433 e. The van der Waals surface area contributed by atoms with Crippen molar-refractivity contribution in [1.29, 1.82) is 0 Å². The predicted octanol–water partition coefficient (Wildman–Crippen LogP) is 2.24. The van der Waals surface area contributed by atoms with Gasteiger partial charge in [-0.2, -0.15) is 0 Å². The van der Waals surface area contributed by atoms with Gasteiger partial charge in [0.15, 0.2) is 0 Å². The van der Waals surface area contributed by atoms with Crippen molar-refractivity contribution in [2.75, 3.05) is 6.61 Å². The van der Waals surface area contributed by atoms with Crippen molar-refractivity contribution in [3.63, 3.8) is 0 Å². The van der Waals surface area contributed by atoms with Gasteiger partial charge in [0.25, 0.3) is 0 Å². The minimum atomic E-state index is 0.213. The minimum Gasteiger partial charge on any atom is -0.396 e. The summed E-state index contributed by atoms with van der Waals surface area (Å²) in [5, 5.41) is 12.4. The molecule has 0 atom stereocenters. The Morgan fingerprint density at radius 3 is 2.50 bits per heavy atom. The van der Waals surface area contributed by atoms with Gasteiger partial charge >= 0.3 is 0 Å². The molecule has 1 aliphatic carbocycles. The summed E-state index contributed by atoms with van der Waals surface area (Å²) in [6, 6.07) is 0.213. The first kappa shape index (κ1) is 9.36. The van der Waals surface area contributed by atoms with Crippen molar-refractivity contribution in [2.45, 2.75) is 38.1 Å². The average molecular weight is 169 g/mol. The molecule has 0 bridgehead atoms. The standard InChI is InChI=1S/C8H15N3O/c9-11-10-8-3-1-7(2-4-8)5-6-12/h7-8,12H,1-6H2/t7-,8-. The van der Waals surface area contributed by atoms with Gasteiger partial charge < -0.3 is 5.11 Å². The molecule has 4 heteroatoms. The van der Waals surface area contributed by atoms with E-state index >= 15 is 0 Å². The van der Waals surface area contributed by atoms with Crippen LogP contribution in [0, 0.1) is 5.92 Å². The molecule has 0 unspecified atom stereocenters. The summed E-state index contributed by atoms with van der Waals surface area (Å²) in [6.07, 6.45) is 5.10. The number of azide groups is 1. The Balaban J connectivity index is 2.24. The van der Waals surface area contributed by atoms with Crippen molar-refractivity contribution in [3.8, 4) is 0 Å². The second-order valence-electron chi connectivity index (χ2n) is 3.39. The molecule has 0 aliphatic heterocycles. The van der Waals surface area contributed by atoms with Gasteiger partial charge in [0, 0.05) is 17.6 Å².